The van der Waals surface area contributed by atoms with Crippen molar-refractivity contribution in [3.8, 4) is 0 Å². The number of H-pyrrole nitrogens is 1. The Morgan fingerprint density at radius 3 is 2.40 bits per heavy atom. The van der Waals surface area contributed by atoms with Crippen molar-refractivity contribution in [1.29, 1.82) is 0 Å². The lowest BCUT2D eigenvalue weighted by Crippen LogP contribution is -2.33. The standard InChI is InChI=1S/C9H17N5O/c1-3-5-14(6-4-2)8(15)7-11-9(10)13-12-7/h3-6H2,1-2H3,(H3,10,11,12,13). The molecular formula is C9H17N5O. The summed E-state index contributed by atoms with van der Waals surface area (Å²) in [4.78, 5) is 17.4. The third kappa shape index (κ3) is 2.93. The number of nitrogen functional groups attached to an aromatic ring is 1. The topological polar surface area (TPSA) is 87.9 Å². The van der Waals surface area contributed by atoms with E-state index in [9.17, 15) is 4.79 Å². The van der Waals surface area contributed by atoms with Gasteiger partial charge in [0.15, 0.2) is 0 Å². The Labute approximate surface area is 88.9 Å². The molecule has 15 heavy (non-hydrogen) atoms. The molecule has 6 nitrogen and oxygen atoms in total. The van der Waals surface area contributed by atoms with Crippen LogP contribution in [0.15, 0.2) is 0 Å². The van der Waals surface area contributed by atoms with Gasteiger partial charge in [-0.3, -0.25) is 9.89 Å². The van der Waals surface area contributed by atoms with Crippen LogP contribution in [0.3, 0.4) is 0 Å². The molecule has 0 radical (unpaired) electrons. The van der Waals surface area contributed by atoms with Crippen molar-refractivity contribution in [2.24, 2.45) is 0 Å². The summed E-state index contributed by atoms with van der Waals surface area (Å²) in [5.41, 5.74) is 5.34. The molecule has 0 saturated carbocycles. The van der Waals surface area contributed by atoms with Gasteiger partial charge in [-0.15, -0.1) is 5.10 Å². The van der Waals surface area contributed by atoms with Crippen molar-refractivity contribution in [3.05, 3.63) is 5.82 Å². The average molecular weight is 211 g/mol. The number of nitrogens with two attached hydrogens (primary N) is 1. The third-order valence-electron chi connectivity index (χ3n) is 1.98. The summed E-state index contributed by atoms with van der Waals surface area (Å²) < 4.78 is 0. The maximum Gasteiger partial charge on any atom is 0.291 e. The second kappa shape index (κ2) is 5.33. The van der Waals surface area contributed by atoms with Gasteiger partial charge in [0.25, 0.3) is 5.91 Å². The zero-order valence-corrected chi connectivity index (χ0v) is 9.16. The Morgan fingerprint density at radius 2 is 2.00 bits per heavy atom. The summed E-state index contributed by atoms with van der Waals surface area (Å²) in [7, 11) is 0. The van der Waals surface area contributed by atoms with Crippen molar-refractivity contribution in [2.75, 3.05) is 18.8 Å². The van der Waals surface area contributed by atoms with Crippen LogP contribution >= 0.6 is 0 Å². The van der Waals surface area contributed by atoms with Gasteiger partial charge in [0.05, 0.1) is 0 Å². The van der Waals surface area contributed by atoms with Gasteiger partial charge in [-0.05, 0) is 12.8 Å². The largest absolute Gasteiger partial charge is 0.366 e. The van der Waals surface area contributed by atoms with Crippen LogP contribution in [0, 0.1) is 0 Å². The SMILES string of the molecule is CCCN(CCC)C(=O)c1nc(N)n[nH]1. The molecule has 0 spiro atoms. The molecule has 0 aliphatic rings. The van der Waals surface area contributed by atoms with E-state index < -0.39 is 0 Å². The van der Waals surface area contributed by atoms with Gasteiger partial charge in [0.2, 0.25) is 11.8 Å². The molecule has 0 atom stereocenters. The Bertz CT molecular complexity index is 316. The molecule has 1 aromatic heterocycles. The summed E-state index contributed by atoms with van der Waals surface area (Å²) >= 11 is 0. The van der Waals surface area contributed by atoms with E-state index in [1.54, 1.807) is 4.90 Å². The molecule has 84 valence electrons. The van der Waals surface area contributed by atoms with E-state index in [0.29, 0.717) is 0 Å². The molecule has 6 heteroatoms. The zero-order valence-electron chi connectivity index (χ0n) is 9.16. The highest BCUT2D eigenvalue weighted by Crippen LogP contribution is 2.02. The maximum atomic E-state index is 11.9. The number of rotatable bonds is 5. The lowest BCUT2D eigenvalue weighted by molar-refractivity contribution is 0.0744. The van der Waals surface area contributed by atoms with Crippen LogP contribution in [0.5, 0.6) is 0 Å². The molecular weight excluding hydrogens is 194 g/mol. The van der Waals surface area contributed by atoms with Gasteiger partial charge in [0, 0.05) is 13.1 Å². The molecule has 1 aromatic rings. The van der Waals surface area contributed by atoms with E-state index in [1.807, 2.05) is 13.8 Å². The molecule has 0 fully saturated rings. The minimum Gasteiger partial charge on any atom is -0.366 e. The predicted molar refractivity (Wildman–Crippen MR) is 57.3 cm³/mol. The van der Waals surface area contributed by atoms with Crippen molar-refractivity contribution in [2.45, 2.75) is 26.7 Å². The Kier molecular flexibility index (Phi) is 4.08. The van der Waals surface area contributed by atoms with Crippen molar-refractivity contribution < 1.29 is 4.79 Å². The molecule has 1 amide bonds. The smallest absolute Gasteiger partial charge is 0.291 e. The quantitative estimate of drug-likeness (QED) is 0.748. The predicted octanol–water partition coefficient (Wildman–Crippen LogP) is 0.649. The normalized spacial score (nSPS) is 10.3. The number of anilines is 1. The summed E-state index contributed by atoms with van der Waals surface area (Å²) in [6.07, 6.45) is 1.85. The van der Waals surface area contributed by atoms with Gasteiger partial charge in [-0.2, -0.15) is 4.98 Å². The molecule has 0 bridgehead atoms. The highest BCUT2D eigenvalue weighted by atomic mass is 16.2. The summed E-state index contributed by atoms with van der Waals surface area (Å²) in [6.45, 7) is 5.52. The number of amides is 1. The lowest BCUT2D eigenvalue weighted by Gasteiger charge is -2.19. The van der Waals surface area contributed by atoms with E-state index in [0.717, 1.165) is 25.9 Å². The molecule has 0 unspecified atom stereocenters. The molecule has 1 rings (SSSR count). The number of carbonyl (C=O) groups is 1. The molecule has 0 aromatic carbocycles. The summed E-state index contributed by atoms with van der Waals surface area (Å²) in [5, 5.41) is 6.16. The van der Waals surface area contributed by atoms with Gasteiger partial charge in [-0.25, -0.2) is 0 Å². The first kappa shape index (κ1) is 11.5. The Balaban J connectivity index is 2.71. The second-order valence-electron chi connectivity index (χ2n) is 3.33. The molecule has 0 saturated heterocycles. The van der Waals surface area contributed by atoms with Crippen LogP contribution in [-0.2, 0) is 0 Å². The number of carbonyl (C=O) groups excluding carboxylic acids is 1. The fourth-order valence-electron chi connectivity index (χ4n) is 1.37. The molecule has 1 heterocycles. The van der Waals surface area contributed by atoms with Gasteiger partial charge < -0.3 is 10.6 Å². The average Bonchev–Trinajstić information content (AvgIpc) is 2.63. The number of nitrogens with one attached hydrogen (secondary N) is 1. The van der Waals surface area contributed by atoms with Crippen molar-refractivity contribution in [3.63, 3.8) is 0 Å². The van der Waals surface area contributed by atoms with Crippen LogP contribution in [0.1, 0.15) is 37.3 Å². The Morgan fingerprint density at radius 1 is 1.40 bits per heavy atom. The van der Waals surface area contributed by atoms with Crippen LogP contribution in [0.25, 0.3) is 0 Å². The number of nitrogens with zero attached hydrogens (tertiary/aromatic N) is 3. The first-order valence-electron chi connectivity index (χ1n) is 5.16. The second-order valence-corrected chi connectivity index (χ2v) is 3.33. The minimum atomic E-state index is -0.136. The van der Waals surface area contributed by atoms with E-state index in [-0.39, 0.29) is 17.7 Å². The fourth-order valence-corrected chi connectivity index (χ4v) is 1.37. The number of aromatic nitrogens is 3. The van der Waals surface area contributed by atoms with Crippen LogP contribution in [-0.4, -0.2) is 39.1 Å². The van der Waals surface area contributed by atoms with Crippen molar-refractivity contribution >= 4 is 11.9 Å². The Hall–Kier alpha value is -1.59. The van der Waals surface area contributed by atoms with Crippen LogP contribution < -0.4 is 5.73 Å². The van der Waals surface area contributed by atoms with Crippen LogP contribution in [0.2, 0.25) is 0 Å². The minimum absolute atomic E-state index is 0.103. The van der Waals surface area contributed by atoms with Gasteiger partial charge in [0.1, 0.15) is 0 Å². The molecule has 0 aliphatic heterocycles. The molecule has 0 aliphatic carbocycles. The monoisotopic (exact) mass is 211 g/mol. The van der Waals surface area contributed by atoms with Crippen molar-refractivity contribution in [1.82, 2.24) is 20.1 Å². The highest BCUT2D eigenvalue weighted by molar-refractivity contribution is 5.90. The number of hydrogen-bond acceptors (Lipinski definition) is 4. The van der Waals surface area contributed by atoms with E-state index in [2.05, 4.69) is 15.2 Å². The summed E-state index contributed by atoms with van der Waals surface area (Å²) in [6, 6.07) is 0. The first-order chi connectivity index (χ1) is 7.19. The van der Waals surface area contributed by atoms with E-state index in [4.69, 9.17) is 5.73 Å². The first-order valence-corrected chi connectivity index (χ1v) is 5.16. The number of aromatic amines is 1. The summed E-state index contributed by atoms with van der Waals surface area (Å²) in [5.74, 6) is 0.184. The maximum absolute atomic E-state index is 11.9. The van der Waals surface area contributed by atoms with Crippen LogP contribution in [0.4, 0.5) is 5.95 Å². The van der Waals surface area contributed by atoms with Gasteiger partial charge in [-0.1, -0.05) is 13.8 Å². The fraction of sp³-hybridized carbons (Fsp3) is 0.667. The number of hydrogen-bond donors (Lipinski definition) is 2. The third-order valence-corrected chi connectivity index (χ3v) is 1.98. The van der Waals surface area contributed by atoms with Gasteiger partial charge >= 0.3 is 0 Å². The highest BCUT2D eigenvalue weighted by Gasteiger charge is 2.17. The zero-order chi connectivity index (χ0) is 11.3. The molecule has 3 N–H and O–H groups in total. The van der Waals surface area contributed by atoms with E-state index in [1.165, 1.54) is 0 Å². The van der Waals surface area contributed by atoms with E-state index >= 15 is 0 Å². The lowest BCUT2D eigenvalue weighted by atomic mass is 10.3.